The van der Waals surface area contributed by atoms with Gasteiger partial charge in [-0.15, -0.1) is 5.10 Å². The van der Waals surface area contributed by atoms with Gasteiger partial charge in [0.1, 0.15) is 6.33 Å². The number of hydrogen-bond acceptors (Lipinski definition) is 6. The zero-order valence-electron chi connectivity index (χ0n) is 16.6. The predicted octanol–water partition coefficient (Wildman–Crippen LogP) is 2.65. The molecule has 0 spiro atoms. The lowest BCUT2D eigenvalue weighted by atomic mass is 10.0. The fourth-order valence-corrected chi connectivity index (χ4v) is 3.43. The topological polar surface area (TPSA) is 120 Å². The minimum absolute atomic E-state index is 0.0891. The van der Waals surface area contributed by atoms with Gasteiger partial charge in [0.15, 0.2) is 5.78 Å². The van der Waals surface area contributed by atoms with Crippen molar-refractivity contribution >= 4 is 23.4 Å². The number of tetrazole rings is 1. The van der Waals surface area contributed by atoms with Gasteiger partial charge in [-0.3, -0.25) is 9.59 Å². The van der Waals surface area contributed by atoms with Crippen molar-refractivity contribution in [2.24, 2.45) is 0 Å². The van der Waals surface area contributed by atoms with Crippen molar-refractivity contribution in [3.05, 3.63) is 93.6 Å². The Balaban J connectivity index is 1.54. The van der Waals surface area contributed by atoms with E-state index in [-0.39, 0.29) is 29.9 Å². The minimum atomic E-state index is -1.03. The van der Waals surface area contributed by atoms with Gasteiger partial charge in [-0.1, -0.05) is 23.7 Å². The minimum Gasteiger partial charge on any atom is -0.478 e. The normalized spacial score (nSPS) is 10.8. The fraction of sp³-hybridized carbons (Fsp3) is 0.0909. The average molecular weight is 450 g/mol. The fourth-order valence-electron chi connectivity index (χ4n) is 3.26. The number of carboxylic acids is 1. The van der Waals surface area contributed by atoms with Gasteiger partial charge in [0.2, 0.25) is 0 Å². The summed E-state index contributed by atoms with van der Waals surface area (Å²) in [4.78, 5) is 36.0. The molecule has 0 atom stereocenters. The number of Topliss-reactive ketones (excluding diaryl/α,β-unsaturated/α-hetero) is 1. The molecule has 0 aliphatic heterocycles. The van der Waals surface area contributed by atoms with Crippen LogP contribution in [0.1, 0.15) is 15.9 Å². The van der Waals surface area contributed by atoms with E-state index in [9.17, 15) is 14.4 Å². The van der Waals surface area contributed by atoms with Crippen molar-refractivity contribution in [3.8, 4) is 16.8 Å². The Labute approximate surface area is 186 Å². The van der Waals surface area contributed by atoms with Crippen LogP contribution >= 0.6 is 11.6 Å². The number of nitrogens with zero attached hydrogens (tertiary/aromatic N) is 5. The molecular formula is C22H16ClN5O4. The maximum atomic E-state index is 12.7. The molecule has 0 saturated heterocycles. The van der Waals surface area contributed by atoms with Crippen LogP contribution in [0.5, 0.6) is 0 Å². The van der Waals surface area contributed by atoms with E-state index in [1.54, 1.807) is 42.6 Å². The highest BCUT2D eigenvalue weighted by molar-refractivity contribution is 6.31. The summed E-state index contributed by atoms with van der Waals surface area (Å²) in [6.07, 6.45) is 3.08. The summed E-state index contributed by atoms with van der Waals surface area (Å²) in [5.41, 5.74) is 2.40. The van der Waals surface area contributed by atoms with Crippen LogP contribution in [0.4, 0.5) is 0 Å². The van der Waals surface area contributed by atoms with Gasteiger partial charge < -0.3 is 9.67 Å². The maximum absolute atomic E-state index is 12.7. The number of rotatable bonds is 7. The summed E-state index contributed by atoms with van der Waals surface area (Å²) in [6, 6.07) is 14.4. The van der Waals surface area contributed by atoms with Crippen LogP contribution < -0.4 is 5.56 Å². The Morgan fingerprint density at radius 3 is 2.47 bits per heavy atom. The Bertz CT molecular complexity index is 1350. The first kappa shape index (κ1) is 21.1. The van der Waals surface area contributed by atoms with Crippen LogP contribution in [-0.4, -0.2) is 41.6 Å². The summed E-state index contributed by atoms with van der Waals surface area (Å²) < 4.78 is 2.79. The average Bonchev–Trinajstić information content (AvgIpc) is 3.30. The van der Waals surface area contributed by atoms with Crippen molar-refractivity contribution < 1.29 is 14.7 Å². The Morgan fingerprint density at radius 2 is 1.81 bits per heavy atom. The highest BCUT2D eigenvalue weighted by Gasteiger charge is 2.12. The molecule has 4 aromatic rings. The number of pyridine rings is 1. The molecule has 0 aliphatic carbocycles. The largest absolute Gasteiger partial charge is 0.478 e. The smallest absolute Gasteiger partial charge is 0.335 e. The van der Waals surface area contributed by atoms with Crippen LogP contribution in [0.3, 0.4) is 0 Å². The first-order chi connectivity index (χ1) is 15.4. The summed E-state index contributed by atoms with van der Waals surface area (Å²) in [5, 5.41) is 20.6. The third-order valence-electron chi connectivity index (χ3n) is 4.81. The van der Waals surface area contributed by atoms with Crippen molar-refractivity contribution in [1.82, 2.24) is 24.8 Å². The molecule has 2 aromatic heterocycles. The van der Waals surface area contributed by atoms with Crippen molar-refractivity contribution in [2.75, 3.05) is 0 Å². The van der Waals surface area contributed by atoms with Crippen LogP contribution in [0, 0.1) is 0 Å². The third kappa shape index (κ3) is 4.62. The molecule has 0 amide bonds. The van der Waals surface area contributed by atoms with E-state index in [2.05, 4.69) is 15.5 Å². The van der Waals surface area contributed by atoms with Gasteiger partial charge in [0.25, 0.3) is 5.56 Å². The molecule has 0 aliphatic rings. The lowest BCUT2D eigenvalue weighted by Gasteiger charge is -2.11. The molecular weight excluding hydrogens is 434 g/mol. The van der Waals surface area contributed by atoms with Gasteiger partial charge in [0.05, 0.1) is 17.8 Å². The number of carbonyl (C=O) groups is 2. The zero-order chi connectivity index (χ0) is 22.7. The van der Waals surface area contributed by atoms with E-state index >= 15 is 0 Å². The van der Waals surface area contributed by atoms with E-state index in [1.807, 2.05) is 0 Å². The third-order valence-corrected chi connectivity index (χ3v) is 5.05. The molecule has 160 valence electrons. The van der Waals surface area contributed by atoms with Gasteiger partial charge in [0, 0.05) is 29.3 Å². The highest BCUT2D eigenvalue weighted by Crippen LogP contribution is 2.28. The van der Waals surface area contributed by atoms with E-state index in [1.165, 1.54) is 33.8 Å². The van der Waals surface area contributed by atoms with Gasteiger partial charge >= 0.3 is 5.97 Å². The molecule has 2 aromatic carbocycles. The quantitative estimate of drug-likeness (QED) is 0.460. The van der Waals surface area contributed by atoms with E-state index in [0.29, 0.717) is 27.4 Å². The maximum Gasteiger partial charge on any atom is 0.335 e. The SMILES string of the molecule is O=C(Cc1ccc(C(=O)O)cc1)Cn1ccc(-c2cc(Cl)ccc2-n2cnnn2)cc1=O. The van der Waals surface area contributed by atoms with E-state index in [0.717, 1.165) is 0 Å². The number of aromatic nitrogens is 5. The van der Waals surface area contributed by atoms with Crippen molar-refractivity contribution in [3.63, 3.8) is 0 Å². The first-order valence-electron chi connectivity index (χ1n) is 9.48. The molecule has 1 N–H and O–H groups in total. The second kappa shape index (κ2) is 8.94. The van der Waals surface area contributed by atoms with Gasteiger partial charge in [-0.2, -0.15) is 4.68 Å². The van der Waals surface area contributed by atoms with Crippen LogP contribution in [0.2, 0.25) is 5.02 Å². The first-order valence-corrected chi connectivity index (χ1v) is 9.86. The Hall–Kier alpha value is -4.11. The monoisotopic (exact) mass is 449 g/mol. The number of ketones is 1. The standard InChI is InChI=1S/C22H16ClN5O4/c23-17-5-6-20(28-13-24-25-26-28)19(11-17)16-7-8-27(21(30)10-16)12-18(29)9-14-1-3-15(4-2-14)22(31)32/h1-8,10-11,13H,9,12H2,(H,31,32). The number of benzene rings is 2. The molecule has 0 radical (unpaired) electrons. The number of halogens is 1. The van der Waals surface area contributed by atoms with Gasteiger partial charge in [-0.25, -0.2) is 4.79 Å². The molecule has 0 fully saturated rings. The summed E-state index contributed by atoms with van der Waals surface area (Å²) in [5.74, 6) is -1.21. The Morgan fingerprint density at radius 1 is 1.03 bits per heavy atom. The van der Waals surface area contributed by atoms with Crippen molar-refractivity contribution in [1.29, 1.82) is 0 Å². The summed E-state index contributed by atoms with van der Waals surface area (Å²) in [6.45, 7) is -0.102. The molecule has 32 heavy (non-hydrogen) atoms. The molecule has 4 rings (SSSR count). The van der Waals surface area contributed by atoms with E-state index in [4.69, 9.17) is 16.7 Å². The summed E-state index contributed by atoms with van der Waals surface area (Å²) >= 11 is 6.15. The zero-order valence-corrected chi connectivity index (χ0v) is 17.3. The molecule has 0 bridgehead atoms. The van der Waals surface area contributed by atoms with Crippen LogP contribution in [0.15, 0.2) is 71.9 Å². The van der Waals surface area contributed by atoms with Crippen LogP contribution in [0.25, 0.3) is 16.8 Å². The Kier molecular flexibility index (Phi) is 5.91. The molecule has 0 saturated carbocycles. The summed E-state index contributed by atoms with van der Waals surface area (Å²) in [7, 11) is 0. The highest BCUT2D eigenvalue weighted by atomic mass is 35.5. The molecule has 0 unspecified atom stereocenters. The van der Waals surface area contributed by atoms with Gasteiger partial charge in [-0.05, 0) is 58.0 Å². The number of carboxylic acid groups (broad SMARTS) is 1. The second-order valence-corrected chi connectivity index (χ2v) is 7.45. The van der Waals surface area contributed by atoms with E-state index < -0.39 is 5.97 Å². The second-order valence-electron chi connectivity index (χ2n) is 7.01. The number of carbonyl (C=O) groups excluding carboxylic acids is 1. The number of aromatic carboxylic acids is 1. The predicted molar refractivity (Wildman–Crippen MR) is 116 cm³/mol. The lowest BCUT2D eigenvalue weighted by molar-refractivity contribution is -0.119. The molecule has 2 heterocycles. The van der Waals surface area contributed by atoms with Crippen molar-refractivity contribution in [2.45, 2.75) is 13.0 Å². The van der Waals surface area contributed by atoms with Crippen LogP contribution in [-0.2, 0) is 17.8 Å². The molecule has 10 heteroatoms. The number of hydrogen-bond donors (Lipinski definition) is 1. The lowest BCUT2D eigenvalue weighted by Crippen LogP contribution is -2.24. The molecule has 9 nitrogen and oxygen atoms in total.